The summed E-state index contributed by atoms with van der Waals surface area (Å²) in [6, 6.07) is 0.230. The molecule has 1 aliphatic carbocycles. The Morgan fingerprint density at radius 1 is 1.29 bits per heavy atom. The fourth-order valence-electron chi connectivity index (χ4n) is 2.10. The van der Waals surface area contributed by atoms with Crippen molar-refractivity contribution < 1.29 is 8.42 Å². The molecule has 0 heterocycles. The van der Waals surface area contributed by atoms with Crippen LogP contribution in [0.25, 0.3) is 0 Å². The first-order valence-corrected chi connectivity index (χ1v) is 8.07. The van der Waals surface area contributed by atoms with Crippen LogP contribution in [0, 0.1) is 5.41 Å². The van der Waals surface area contributed by atoms with Gasteiger partial charge < -0.3 is 5.73 Å². The summed E-state index contributed by atoms with van der Waals surface area (Å²) in [6.45, 7) is 7.03. The molecule has 0 atom stereocenters. The van der Waals surface area contributed by atoms with Crippen LogP contribution < -0.4 is 5.73 Å². The van der Waals surface area contributed by atoms with Crippen LogP contribution in [-0.4, -0.2) is 37.6 Å². The molecule has 1 rings (SSSR count). The molecule has 17 heavy (non-hydrogen) atoms. The summed E-state index contributed by atoms with van der Waals surface area (Å²) in [5.74, 6) is 0.223. The second kappa shape index (κ2) is 5.67. The predicted octanol–water partition coefficient (Wildman–Crippen LogP) is 1.57. The van der Waals surface area contributed by atoms with E-state index in [1.54, 1.807) is 4.31 Å². The number of nitrogens with two attached hydrogens (primary N) is 1. The van der Waals surface area contributed by atoms with Gasteiger partial charge in [-0.25, -0.2) is 8.42 Å². The highest BCUT2D eigenvalue weighted by Crippen LogP contribution is 2.29. The molecule has 0 amide bonds. The van der Waals surface area contributed by atoms with E-state index in [1.807, 2.05) is 20.8 Å². The monoisotopic (exact) mass is 262 g/mol. The van der Waals surface area contributed by atoms with Gasteiger partial charge in [0, 0.05) is 12.6 Å². The number of nitrogens with zero attached hydrogens (tertiary/aromatic N) is 1. The molecular weight excluding hydrogens is 236 g/mol. The van der Waals surface area contributed by atoms with E-state index in [0.29, 0.717) is 13.1 Å². The van der Waals surface area contributed by atoms with Crippen molar-refractivity contribution in [1.29, 1.82) is 0 Å². The summed E-state index contributed by atoms with van der Waals surface area (Å²) in [5, 5.41) is 0. The van der Waals surface area contributed by atoms with E-state index in [-0.39, 0.29) is 17.2 Å². The molecule has 1 saturated carbocycles. The molecular formula is C12H26N2O2S. The third-order valence-corrected chi connectivity index (χ3v) is 5.46. The molecule has 1 fully saturated rings. The Morgan fingerprint density at radius 2 is 1.88 bits per heavy atom. The highest BCUT2D eigenvalue weighted by Gasteiger charge is 2.35. The van der Waals surface area contributed by atoms with Crippen molar-refractivity contribution >= 4 is 10.0 Å². The zero-order valence-corrected chi connectivity index (χ0v) is 12.1. The van der Waals surface area contributed by atoms with Gasteiger partial charge >= 0.3 is 0 Å². The molecule has 0 bridgehead atoms. The Morgan fingerprint density at radius 3 is 2.24 bits per heavy atom. The molecule has 0 aromatic carbocycles. The maximum absolute atomic E-state index is 12.4. The maximum Gasteiger partial charge on any atom is 0.214 e. The van der Waals surface area contributed by atoms with Crippen LogP contribution in [0.2, 0.25) is 0 Å². The average molecular weight is 262 g/mol. The lowest BCUT2D eigenvalue weighted by molar-refractivity contribution is 0.216. The molecule has 0 aromatic heterocycles. The van der Waals surface area contributed by atoms with Crippen molar-refractivity contribution in [3.05, 3.63) is 0 Å². The minimum atomic E-state index is -3.13. The van der Waals surface area contributed by atoms with Gasteiger partial charge in [0.2, 0.25) is 10.0 Å². The van der Waals surface area contributed by atoms with E-state index >= 15 is 0 Å². The second-order valence-electron chi connectivity index (χ2n) is 6.15. The molecule has 102 valence electrons. The molecule has 4 nitrogen and oxygen atoms in total. The molecule has 2 N–H and O–H groups in total. The van der Waals surface area contributed by atoms with Gasteiger partial charge in [0.15, 0.2) is 0 Å². The zero-order chi connectivity index (χ0) is 13.1. The van der Waals surface area contributed by atoms with Crippen LogP contribution in [0.3, 0.4) is 0 Å². The summed E-state index contributed by atoms with van der Waals surface area (Å²) >= 11 is 0. The van der Waals surface area contributed by atoms with Gasteiger partial charge in [-0.3, -0.25) is 0 Å². The maximum atomic E-state index is 12.4. The lowest BCUT2D eigenvalue weighted by atomic mass is 9.93. The van der Waals surface area contributed by atoms with Gasteiger partial charge in [-0.15, -0.1) is 0 Å². The van der Waals surface area contributed by atoms with Crippen LogP contribution in [0.4, 0.5) is 0 Å². The van der Waals surface area contributed by atoms with E-state index in [9.17, 15) is 8.42 Å². The number of rotatable bonds is 6. The van der Waals surface area contributed by atoms with Crippen LogP contribution >= 0.6 is 0 Å². The zero-order valence-electron chi connectivity index (χ0n) is 11.3. The largest absolute Gasteiger partial charge is 0.330 e. The lowest BCUT2D eigenvalue weighted by Crippen LogP contribution is -2.47. The molecule has 5 heteroatoms. The fourth-order valence-corrected chi connectivity index (χ4v) is 4.43. The van der Waals surface area contributed by atoms with Gasteiger partial charge in [0.05, 0.1) is 5.75 Å². The SMILES string of the molecule is CC(C)(C)CS(=O)(=O)N(CCCN)C1CCC1. The normalized spacial score (nSPS) is 18.4. The van der Waals surface area contributed by atoms with Crippen LogP contribution in [0.5, 0.6) is 0 Å². The van der Waals surface area contributed by atoms with E-state index in [4.69, 9.17) is 5.73 Å². The van der Waals surface area contributed by atoms with E-state index in [2.05, 4.69) is 0 Å². The first-order valence-electron chi connectivity index (χ1n) is 6.46. The van der Waals surface area contributed by atoms with Gasteiger partial charge in [0.25, 0.3) is 0 Å². The Balaban J connectivity index is 2.73. The van der Waals surface area contributed by atoms with Gasteiger partial charge in [-0.2, -0.15) is 4.31 Å². The van der Waals surface area contributed by atoms with Gasteiger partial charge in [0.1, 0.15) is 0 Å². The summed E-state index contributed by atoms with van der Waals surface area (Å²) in [5.41, 5.74) is 5.29. The van der Waals surface area contributed by atoms with Crippen LogP contribution in [0.1, 0.15) is 46.5 Å². The molecule has 0 radical (unpaired) electrons. The molecule has 0 saturated heterocycles. The van der Waals surface area contributed by atoms with E-state index < -0.39 is 10.0 Å². The summed E-state index contributed by atoms with van der Waals surface area (Å²) in [6.07, 6.45) is 3.91. The van der Waals surface area contributed by atoms with Gasteiger partial charge in [-0.1, -0.05) is 27.2 Å². The summed E-state index contributed by atoms with van der Waals surface area (Å²) < 4.78 is 26.4. The van der Waals surface area contributed by atoms with Crippen molar-refractivity contribution in [2.45, 2.75) is 52.5 Å². The third-order valence-electron chi connectivity index (χ3n) is 3.04. The Hall–Kier alpha value is -0.130. The first kappa shape index (κ1) is 14.9. The standard InChI is InChI=1S/C12H26N2O2S/c1-12(2,3)10-17(15,16)14(9-5-8-13)11-6-4-7-11/h11H,4-10,13H2,1-3H3. The first-order chi connectivity index (χ1) is 7.76. The minimum absolute atomic E-state index is 0.191. The molecule has 0 aliphatic heterocycles. The number of hydrogen-bond acceptors (Lipinski definition) is 3. The third kappa shape index (κ3) is 4.56. The summed E-state index contributed by atoms with van der Waals surface area (Å²) in [4.78, 5) is 0. The van der Waals surface area contributed by atoms with E-state index in [1.165, 1.54) is 0 Å². The average Bonchev–Trinajstić information content (AvgIpc) is 2.04. The second-order valence-corrected chi connectivity index (χ2v) is 8.08. The molecule has 0 spiro atoms. The van der Waals surface area contributed by atoms with E-state index in [0.717, 1.165) is 25.7 Å². The highest BCUT2D eigenvalue weighted by atomic mass is 32.2. The fraction of sp³-hybridized carbons (Fsp3) is 1.00. The number of sulfonamides is 1. The summed E-state index contributed by atoms with van der Waals surface area (Å²) in [7, 11) is -3.13. The van der Waals surface area contributed by atoms with Gasteiger partial charge in [-0.05, 0) is 31.2 Å². The van der Waals surface area contributed by atoms with Crippen molar-refractivity contribution in [2.24, 2.45) is 11.1 Å². The van der Waals surface area contributed by atoms with Crippen molar-refractivity contribution in [3.8, 4) is 0 Å². The minimum Gasteiger partial charge on any atom is -0.330 e. The highest BCUT2D eigenvalue weighted by molar-refractivity contribution is 7.89. The smallest absolute Gasteiger partial charge is 0.214 e. The Labute approximate surface area is 106 Å². The molecule has 0 unspecified atom stereocenters. The Kier molecular flexibility index (Phi) is 4.98. The topological polar surface area (TPSA) is 63.4 Å². The van der Waals surface area contributed by atoms with Crippen molar-refractivity contribution in [1.82, 2.24) is 4.31 Å². The Bertz CT molecular complexity index is 329. The molecule has 0 aromatic rings. The van der Waals surface area contributed by atoms with Crippen molar-refractivity contribution in [3.63, 3.8) is 0 Å². The quantitative estimate of drug-likeness (QED) is 0.790. The predicted molar refractivity (Wildman–Crippen MR) is 71.3 cm³/mol. The molecule has 1 aliphatic rings. The number of hydrogen-bond donors (Lipinski definition) is 1. The lowest BCUT2D eigenvalue weighted by Gasteiger charge is -2.38. The van der Waals surface area contributed by atoms with Crippen LogP contribution in [-0.2, 0) is 10.0 Å². The van der Waals surface area contributed by atoms with Crippen LogP contribution in [0.15, 0.2) is 0 Å². The van der Waals surface area contributed by atoms with Crippen molar-refractivity contribution in [2.75, 3.05) is 18.8 Å².